The molecule has 1 fully saturated rings. The van der Waals surface area contributed by atoms with Crippen LogP contribution in [0.5, 0.6) is 0 Å². The van der Waals surface area contributed by atoms with Crippen LogP contribution < -0.4 is 5.32 Å². The van der Waals surface area contributed by atoms with Gasteiger partial charge >= 0.3 is 0 Å². The molecule has 1 aromatic carbocycles. The normalized spacial score (nSPS) is 18.5. The maximum atomic E-state index is 5.10. The van der Waals surface area contributed by atoms with Crippen molar-refractivity contribution in [2.45, 2.75) is 58.4 Å². The van der Waals surface area contributed by atoms with Crippen molar-refractivity contribution in [2.24, 2.45) is 0 Å². The Balaban J connectivity index is 2.22. The maximum absolute atomic E-state index is 5.10. The third-order valence-electron chi connectivity index (χ3n) is 5.07. The van der Waals surface area contributed by atoms with Crippen molar-refractivity contribution in [1.29, 1.82) is 0 Å². The Morgan fingerprint density at radius 2 is 2.00 bits per heavy atom. The van der Waals surface area contributed by atoms with E-state index >= 15 is 0 Å². The zero-order chi connectivity index (χ0) is 15.0. The molecule has 3 nitrogen and oxygen atoms in total. The van der Waals surface area contributed by atoms with E-state index in [1.165, 1.54) is 36.2 Å². The predicted molar refractivity (Wildman–Crippen MR) is 88.9 cm³/mol. The lowest BCUT2D eigenvalue weighted by atomic mass is 9.75. The van der Waals surface area contributed by atoms with Gasteiger partial charge in [0, 0.05) is 11.5 Å². The summed E-state index contributed by atoms with van der Waals surface area (Å²) >= 11 is 0. The van der Waals surface area contributed by atoms with Crippen LogP contribution in [0.3, 0.4) is 0 Å². The number of hydrogen-bond donors (Lipinski definition) is 1. The number of nitrogens with one attached hydrogen (secondary N) is 1. The van der Waals surface area contributed by atoms with Gasteiger partial charge in [0.2, 0.25) is 0 Å². The summed E-state index contributed by atoms with van der Waals surface area (Å²) in [5.41, 5.74) is 3.97. The highest BCUT2D eigenvalue weighted by atomic mass is 15.1. The molecule has 1 N–H and O–H groups in total. The summed E-state index contributed by atoms with van der Waals surface area (Å²) < 4.78 is 2.48. The van der Waals surface area contributed by atoms with Gasteiger partial charge in [-0.1, -0.05) is 13.0 Å². The van der Waals surface area contributed by atoms with E-state index in [1.54, 1.807) is 0 Å². The minimum absolute atomic E-state index is 0.239. The number of imidazole rings is 1. The lowest BCUT2D eigenvalue weighted by molar-refractivity contribution is 0.271. The van der Waals surface area contributed by atoms with Gasteiger partial charge in [-0.25, -0.2) is 4.98 Å². The summed E-state index contributed by atoms with van der Waals surface area (Å²) in [5, 5.41) is 3.50. The molecule has 3 heteroatoms. The van der Waals surface area contributed by atoms with Crippen LogP contribution in [0.15, 0.2) is 18.2 Å². The number of hydrogen-bond acceptors (Lipinski definition) is 2. The van der Waals surface area contributed by atoms with Crippen molar-refractivity contribution in [3.05, 3.63) is 29.6 Å². The average Bonchev–Trinajstić information content (AvgIpc) is 2.87. The zero-order valence-corrected chi connectivity index (χ0v) is 13.7. The van der Waals surface area contributed by atoms with Crippen molar-refractivity contribution in [2.75, 3.05) is 13.1 Å². The Hall–Kier alpha value is -1.35. The van der Waals surface area contributed by atoms with E-state index in [0.717, 1.165) is 18.6 Å². The van der Waals surface area contributed by atoms with Crippen molar-refractivity contribution >= 4 is 11.0 Å². The second-order valence-corrected chi connectivity index (χ2v) is 6.78. The van der Waals surface area contributed by atoms with Crippen LogP contribution in [0.4, 0.5) is 0 Å². The molecule has 2 aromatic rings. The zero-order valence-electron chi connectivity index (χ0n) is 13.7. The van der Waals surface area contributed by atoms with Gasteiger partial charge in [-0.2, -0.15) is 0 Å². The molecule has 0 bridgehead atoms. The molecule has 21 heavy (non-hydrogen) atoms. The van der Waals surface area contributed by atoms with E-state index in [0.29, 0.717) is 6.04 Å². The second kappa shape index (κ2) is 5.45. The highest BCUT2D eigenvalue weighted by Gasteiger charge is 2.37. The summed E-state index contributed by atoms with van der Waals surface area (Å²) in [5.74, 6) is 1.31. The average molecular weight is 285 g/mol. The summed E-state index contributed by atoms with van der Waals surface area (Å²) in [7, 11) is 0. The largest absolute Gasteiger partial charge is 0.325 e. The van der Waals surface area contributed by atoms with E-state index in [1.807, 2.05) is 0 Å². The second-order valence-electron chi connectivity index (χ2n) is 6.78. The Labute approximate surface area is 127 Å². The fourth-order valence-corrected chi connectivity index (χ4v) is 3.75. The number of aromatic nitrogens is 2. The SMILES string of the molecule is CCC1(c2nc3cc(C)ccc3n2C(C)C)CCNCC1. The first kappa shape index (κ1) is 14.6. The first-order valence-corrected chi connectivity index (χ1v) is 8.27. The first-order chi connectivity index (χ1) is 10.1. The van der Waals surface area contributed by atoms with Gasteiger partial charge in [-0.05, 0) is 70.8 Å². The Morgan fingerprint density at radius 1 is 1.29 bits per heavy atom. The Morgan fingerprint density at radius 3 is 2.62 bits per heavy atom. The van der Waals surface area contributed by atoms with E-state index in [9.17, 15) is 0 Å². The molecular weight excluding hydrogens is 258 g/mol. The number of aryl methyl sites for hydroxylation is 1. The molecule has 1 aliphatic rings. The lowest BCUT2D eigenvalue weighted by Crippen LogP contribution is -2.41. The van der Waals surface area contributed by atoms with Crippen LogP contribution >= 0.6 is 0 Å². The molecule has 1 aromatic heterocycles. The number of rotatable bonds is 3. The van der Waals surface area contributed by atoms with Crippen molar-refractivity contribution in [1.82, 2.24) is 14.9 Å². The molecule has 0 amide bonds. The number of nitrogens with zero attached hydrogens (tertiary/aromatic N) is 2. The van der Waals surface area contributed by atoms with E-state index < -0.39 is 0 Å². The van der Waals surface area contributed by atoms with Gasteiger partial charge in [0.05, 0.1) is 11.0 Å². The van der Waals surface area contributed by atoms with E-state index in [-0.39, 0.29) is 5.41 Å². The first-order valence-electron chi connectivity index (χ1n) is 8.27. The summed E-state index contributed by atoms with van der Waals surface area (Å²) in [6.45, 7) is 11.2. The predicted octanol–water partition coefficient (Wildman–Crippen LogP) is 3.96. The summed E-state index contributed by atoms with van der Waals surface area (Å²) in [4.78, 5) is 5.10. The van der Waals surface area contributed by atoms with Crippen molar-refractivity contribution < 1.29 is 0 Å². The van der Waals surface area contributed by atoms with Crippen molar-refractivity contribution in [3.8, 4) is 0 Å². The highest BCUT2D eigenvalue weighted by molar-refractivity contribution is 5.77. The van der Waals surface area contributed by atoms with E-state index in [4.69, 9.17) is 4.98 Å². The van der Waals surface area contributed by atoms with Crippen LogP contribution in [-0.4, -0.2) is 22.6 Å². The monoisotopic (exact) mass is 285 g/mol. The molecule has 0 aliphatic carbocycles. The summed E-state index contributed by atoms with van der Waals surface area (Å²) in [6.07, 6.45) is 3.56. The molecule has 114 valence electrons. The minimum Gasteiger partial charge on any atom is -0.325 e. The molecule has 3 rings (SSSR count). The van der Waals surface area contributed by atoms with Gasteiger partial charge in [0.15, 0.2) is 0 Å². The number of benzene rings is 1. The molecule has 1 aliphatic heterocycles. The molecular formula is C18H27N3. The quantitative estimate of drug-likeness (QED) is 0.925. The third kappa shape index (κ3) is 2.38. The standard InChI is InChI=1S/C18H27N3/c1-5-18(8-10-19-11-9-18)17-20-15-12-14(4)6-7-16(15)21(17)13(2)3/h6-7,12-13,19H,5,8-11H2,1-4H3. The van der Waals surface area contributed by atoms with Crippen LogP contribution in [0.2, 0.25) is 0 Å². The fraction of sp³-hybridized carbons (Fsp3) is 0.611. The topological polar surface area (TPSA) is 29.9 Å². The molecule has 0 radical (unpaired) electrons. The minimum atomic E-state index is 0.239. The molecule has 0 unspecified atom stereocenters. The molecule has 1 saturated heterocycles. The maximum Gasteiger partial charge on any atom is 0.116 e. The van der Waals surface area contributed by atoms with E-state index in [2.05, 4.69) is 55.8 Å². The highest BCUT2D eigenvalue weighted by Crippen LogP contribution is 2.39. The number of piperidine rings is 1. The van der Waals surface area contributed by atoms with Gasteiger partial charge in [0.1, 0.15) is 5.82 Å². The summed E-state index contributed by atoms with van der Waals surface area (Å²) in [6, 6.07) is 7.12. The molecule has 0 saturated carbocycles. The smallest absolute Gasteiger partial charge is 0.116 e. The van der Waals surface area contributed by atoms with Gasteiger partial charge in [-0.3, -0.25) is 0 Å². The lowest BCUT2D eigenvalue weighted by Gasteiger charge is -2.37. The molecule has 0 atom stereocenters. The number of fused-ring (bicyclic) bond motifs is 1. The Bertz CT molecular complexity index is 633. The van der Waals surface area contributed by atoms with Crippen LogP contribution in [0, 0.1) is 6.92 Å². The third-order valence-corrected chi connectivity index (χ3v) is 5.07. The molecule has 0 spiro atoms. The van der Waals surface area contributed by atoms with Gasteiger partial charge in [0.25, 0.3) is 0 Å². The van der Waals surface area contributed by atoms with Crippen molar-refractivity contribution in [3.63, 3.8) is 0 Å². The van der Waals surface area contributed by atoms with Gasteiger partial charge < -0.3 is 9.88 Å². The Kier molecular flexibility index (Phi) is 3.78. The fourth-order valence-electron chi connectivity index (χ4n) is 3.75. The van der Waals surface area contributed by atoms with Crippen LogP contribution in [-0.2, 0) is 5.41 Å². The van der Waals surface area contributed by atoms with Crippen LogP contribution in [0.1, 0.15) is 57.5 Å². The molecule has 2 heterocycles. The van der Waals surface area contributed by atoms with Gasteiger partial charge in [-0.15, -0.1) is 0 Å². The van der Waals surface area contributed by atoms with Crippen LogP contribution in [0.25, 0.3) is 11.0 Å².